The number of carbonyl (C=O) groups excluding carboxylic acids is 2. The molecule has 0 heterocycles. The van der Waals surface area contributed by atoms with Gasteiger partial charge in [-0.05, 0) is 30.9 Å². The van der Waals surface area contributed by atoms with Gasteiger partial charge in [0.25, 0.3) is 0 Å². The average Bonchev–Trinajstić information content (AvgIpc) is 3.09. The zero-order valence-electron chi connectivity index (χ0n) is 9.48. The number of Topliss-reactive ketones (excluding diaryl/α,β-unsaturated/α-hetero) is 1. The summed E-state index contributed by atoms with van der Waals surface area (Å²) < 4.78 is 4.70. The molecule has 1 aliphatic carbocycles. The smallest absolute Gasteiger partial charge is 0.374 e. The lowest BCUT2D eigenvalue weighted by molar-refractivity contribution is -0.154. The van der Waals surface area contributed by atoms with E-state index in [0.29, 0.717) is 11.4 Å². The molecule has 1 saturated carbocycles. The lowest BCUT2D eigenvalue weighted by Gasteiger charge is -2.02. The first-order valence-electron chi connectivity index (χ1n) is 5.60. The van der Waals surface area contributed by atoms with Crippen molar-refractivity contribution in [1.82, 2.24) is 0 Å². The van der Waals surface area contributed by atoms with Crippen LogP contribution in [-0.4, -0.2) is 18.4 Å². The van der Waals surface area contributed by atoms with Gasteiger partial charge in [0.1, 0.15) is 0 Å². The number of ketones is 1. The molecule has 17 heavy (non-hydrogen) atoms. The molecule has 0 N–H and O–H groups in total. The topological polar surface area (TPSA) is 43.4 Å². The van der Waals surface area contributed by atoms with Gasteiger partial charge in [0.15, 0.2) is 0 Å². The van der Waals surface area contributed by atoms with Crippen molar-refractivity contribution in [2.24, 2.45) is 5.92 Å². The van der Waals surface area contributed by atoms with Crippen LogP contribution in [0.5, 0.6) is 0 Å². The summed E-state index contributed by atoms with van der Waals surface area (Å²) in [6.07, 6.45) is 0.682. The maximum atomic E-state index is 11.7. The monoisotopic (exact) mass is 252 g/mol. The number of esters is 1. The summed E-state index contributed by atoms with van der Waals surface area (Å²) in [5.41, 5.74) is 0.941. The van der Waals surface area contributed by atoms with Crippen LogP contribution in [0.2, 0.25) is 5.02 Å². The summed E-state index contributed by atoms with van der Waals surface area (Å²) in [5, 5.41) is 0.650. The van der Waals surface area contributed by atoms with E-state index in [0.717, 1.165) is 5.56 Å². The summed E-state index contributed by atoms with van der Waals surface area (Å²) in [4.78, 5) is 23.0. The summed E-state index contributed by atoms with van der Waals surface area (Å²) >= 11 is 6.04. The van der Waals surface area contributed by atoms with Gasteiger partial charge in [-0.1, -0.05) is 29.8 Å². The van der Waals surface area contributed by atoms with Gasteiger partial charge in [-0.25, -0.2) is 4.79 Å². The van der Waals surface area contributed by atoms with E-state index in [2.05, 4.69) is 0 Å². The highest BCUT2D eigenvalue weighted by molar-refractivity contribution is 6.35. The molecule has 90 valence electrons. The Morgan fingerprint density at radius 2 is 2.12 bits per heavy atom. The van der Waals surface area contributed by atoms with Gasteiger partial charge in [0, 0.05) is 10.9 Å². The number of halogens is 1. The lowest BCUT2D eigenvalue weighted by Crippen LogP contribution is -2.19. The standard InChI is InChI=1S/C13H13ClO3/c1-2-17-13(16)12(15)10-7-9(10)8-5-3-4-6-11(8)14/h3-6,9-10H,2,7H2,1H3/t9-,10?/m0/s1. The Labute approximate surface area is 105 Å². The Bertz CT molecular complexity index is 456. The SMILES string of the molecule is CCOC(=O)C(=O)C1C[C@H]1c1ccccc1Cl. The molecule has 1 aromatic rings. The van der Waals surface area contributed by atoms with Gasteiger partial charge in [0.05, 0.1) is 6.61 Å². The van der Waals surface area contributed by atoms with Crippen LogP contribution in [0.3, 0.4) is 0 Å². The van der Waals surface area contributed by atoms with E-state index < -0.39 is 11.8 Å². The van der Waals surface area contributed by atoms with Crippen LogP contribution in [0.15, 0.2) is 24.3 Å². The fraction of sp³-hybridized carbons (Fsp3) is 0.385. The fourth-order valence-corrected chi connectivity index (χ4v) is 2.23. The zero-order valence-corrected chi connectivity index (χ0v) is 10.2. The van der Waals surface area contributed by atoms with E-state index >= 15 is 0 Å². The quantitative estimate of drug-likeness (QED) is 0.611. The third-order valence-corrected chi connectivity index (χ3v) is 3.25. The van der Waals surface area contributed by atoms with Crippen LogP contribution in [0.25, 0.3) is 0 Å². The molecule has 0 radical (unpaired) electrons. The van der Waals surface area contributed by atoms with Crippen molar-refractivity contribution >= 4 is 23.4 Å². The number of hydrogen-bond acceptors (Lipinski definition) is 3. The van der Waals surface area contributed by atoms with E-state index in [1.54, 1.807) is 13.0 Å². The fourth-order valence-electron chi connectivity index (χ4n) is 1.96. The van der Waals surface area contributed by atoms with Crippen molar-refractivity contribution in [2.45, 2.75) is 19.3 Å². The second-order valence-electron chi connectivity index (χ2n) is 4.05. The molecule has 0 aromatic heterocycles. The largest absolute Gasteiger partial charge is 0.460 e. The number of hydrogen-bond donors (Lipinski definition) is 0. The molecule has 3 nitrogen and oxygen atoms in total. The van der Waals surface area contributed by atoms with Gasteiger partial charge in [-0.2, -0.15) is 0 Å². The third kappa shape index (κ3) is 2.50. The van der Waals surface area contributed by atoms with Crippen LogP contribution in [0.1, 0.15) is 24.8 Å². The first-order chi connectivity index (χ1) is 8.15. The van der Waals surface area contributed by atoms with Crippen LogP contribution < -0.4 is 0 Å². The van der Waals surface area contributed by atoms with Crippen molar-refractivity contribution in [3.63, 3.8) is 0 Å². The molecular weight excluding hydrogens is 240 g/mol. The molecule has 0 saturated heterocycles. The molecule has 4 heteroatoms. The van der Waals surface area contributed by atoms with Crippen LogP contribution >= 0.6 is 11.6 Å². The molecule has 0 amide bonds. The van der Waals surface area contributed by atoms with Crippen molar-refractivity contribution in [3.05, 3.63) is 34.9 Å². The van der Waals surface area contributed by atoms with Crippen LogP contribution in [-0.2, 0) is 14.3 Å². The van der Waals surface area contributed by atoms with Gasteiger partial charge >= 0.3 is 5.97 Å². The third-order valence-electron chi connectivity index (χ3n) is 2.91. The van der Waals surface area contributed by atoms with E-state index in [4.69, 9.17) is 16.3 Å². The Kier molecular flexibility index (Phi) is 3.48. The maximum Gasteiger partial charge on any atom is 0.374 e. The highest BCUT2D eigenvalue weighted by Gasteiger charge is 2.47. The zero-order chi connectivity index (χ0) is 12.4. The minimum atomic E-state index is -0.730. The van der Waals surface area contributed by atoms with E-state index in [-0.39, 0.29) is 18.4 Å². The molecule has 1 aliphatic rings. The molecule has 0 spiro atoms. The molecule has 2 atom stereocenters. The molecule has 1 fully saturated rings. The summed E-state index contributed by atoms with van der Waals surface area (Å²) in [7, 11) is 0. The summed E-state index contributed by atoms with van der Waals surface area (Å²) in [5.74, 6) is -1.35. The van der Waals surface area contributed by atoms with Gasteiger partial charge in [0.2, 0.25) is 5.78 Å². The first kappa shape index (κ1) is 12.1. The molecule has 0 bridgehead atoms. The second kappa shape index (κ2) is 4.88. The molecule has 0 aliphatic heterocycles. The number of carbonyl (C=O) groups is 2. The van der Waals surface area contributed by atoms with E-state index in [1.165, 1.54) is 0 Å². The lowest BCUT2D eigenvalue weighted by atomic mass is 10.1. The van der Waals surface area contributed by atoms with Gasteiger partial charge < -0.3 is 4.74 Å². The normalized spacial score (nSPS) is 22.0. The Balaban J connectivity index is 2.04. The van der Waals surface area contributed by atoms with E-state index in [1.807, 2.05) is 18.2 Å². The minimum absolute atomic E-state index is 0.0700. The Hall–Kier alpha value is -1.35. The van der Waals surface area contributed by atoms with Crippen molar-refractivity contribution in [1.29, 1.82) is 0 Å². The van der Waals surface area contributed by atoms with E-state index in [9.17, 15) is 9.59 Å². The highest BCUT2D eigenvalue weighted by atomic mass is 35.5. The maximum absolute atomic E-state index is 11.7. The predicted octanol–water partition coefficient (Wildman–Crippen LogP) is 2.58. The summed E-state index contributed by atoms with van der Waals surface area (Å²) in [6.45, 7) is 1.91. The molecular formula is C13H13ClO3. The average molecular weight is 253 g/mol. The number of ether oxygens (including phenoxy) is 1. The minimum Gasteiger partial charge on any atom is -0.460 e. The second-order valence-corrected chi connectivity index (χ2v) is 4.46. The number of rotatable bonds is 4. The van der Waals surface area contributed by atoms with Crippen LogP contribution in [0.4, 0.5) is 0 Å². The molecule has 2 rings (SSSR count). The number of benzene rings is 1. The van der Waals surface area contributed by atoms with Crippen molar-refractivity contribution in [3.8, 4) is 0 Å². The highest BCUT2D eigenvalue weighted by Crippen LogP contribution is 2.50. The molecule has 1 unspecified atom stereocenters. The van der Waals surface area contributed by atoms with Gasteiger partial charge in [-0.15, -0.1) is 0 Å². The first-order valence-corrected chi connectivity index (χ1v) is 5.98. The Morgan fingerprint density at radius 1 is 1.41 bits per heavy atom. The molecule has 1 aromatic carbocycles. The van der Waals surface area contributed by atoms with Crippen molar-refractivity contribution < 1.29 is 14.3 Å². The summed E-state index contributed by atoms with van der Waals surface area (Å²) in [6, 6.07) is 7.41. The van der Waals surface area contributed by atoms with Crippen molar-refractivity contribution in [2.75, 3.05) is 6.61 Å². The van der Waals surface area contributed by atoms with Crippen LogP contribution in [0, 0.1) is 5.92 Å². The predicted molar refractivity (Wildman–Crippen MR) is 63.9 cm³/mol. The van der Waals surface area contributed by atoms with Gasteiger partial charge in [-0.3, -0.25) is 4.79 Å². The Morgan fingerprint density at radius 3 is 2.76 bits per heavy atom.